The van der Waals surface area contributed by atoms with E-state index in [-0.39, 0.29) is 0 Å². The van der Waals surface area contributed by atoms with Crippen LogP contribution in [0.5, 0.6) is 0 Å². The summed E-state index contributed by atoms with van der Waals surface area (Å²) in [5, 5.41) is 4.60. The van der Waals surface area contributed by atoms with E-state index in [1.807, 2.05) is 0 Å². The van der Waals surface area contributed by atoms with Gasteiger partial charge in [0.2, 0.25) is 0 Å². The van der Waals surface area contributed by atoms with Crippen LogP contribution in [0.2, 0.25) is 5.02 Å². The van der Waals surface area contributed by atoms with E-state index in [9.17, 15) is 0 Å². The minimum atomic E-state index is 0.586. The molecule has 0 fully saturated rings. The molecule has 3 rings (SSSR count). The van der Waals surface area contributed by atoms with Gasteiger partial charge in [0.1, 0.15) is 0 Å². The van der Waals surface area contributed by atoms with Crippen LogP contribution >= 0.6 is 27.5 Å². The van der Waals surface area contributed by atoms with E-state index >= 15 is 0 Å². The Labute approximate surface area is 134 Å². The highest BCUT2D eigenvalue weighted by Gasteiger charge is 1.99. The van der Waals surface area contributed by atoms with Crippen molar-refractivity contribution in [3.05, 3.63) is 58.8 Å². The van der Waals surface area contributed by atoms with Crippen LogP contribution < -0.4 is 11.5 Å². The van der Waals surface area contributed by atoms with Crippen LogP contribution in [0.1, 0.15) is 0 Å². The van der Waals surface area contributed by atoms with Gasteiger partial charge < -0.3 is 11.5 Å². The molecule has 3 aromatic rings. The monoisotopic (exact) mass is 366 g/mol. The molecule has 0 unspecified atom stereocenters. The highest BCUT2D eigenvalue weighted by molar-refractivity contribution is 9.10. The predicted octanol–water partition coefficient (Wildman–Crippen LogP) is 2.93. The summed E-state index contributed by atoms with van der Waals surface area (Å²) < 4.78 is 2.53. The summed E-state index contributed by atoms with van der Waals surface area (Å²) in [6.07, 6.45) is 9.79. The van der Waals surface area contributed by atoms with Gasteiger partial charge in [-0.25, -0.2) is 4.68 Å². The quantitative estimate of drug-likeness (QED) is 0.689. The number of hydrogen-bond acceptors (Lipinski definition) is 5. The van der Waals surface area contributed by atoms with Crippen LogP contribution in [0, 0.1) is 0 Å². The Morgan fingerprint density at radius 2 is 1.62 bits per heavy atom. The summed E-state index contributed by atoms with van der Waals surface area (Å²) in [6, 6.07) is 3.57. The number of nitrogen functional groups attached to an aromatic ring is 2. The largest absolute Gasteiger partial charge is 0.397 e. The van der Waals surface area contributed by atoms with Crippen molar-refractivity contribution in [3.8, 4) is 5.69 Å². The lowest BCUT2D eigenvalue weighted by molar-refractivity contribution is 0.874. The van der Waals surface area contributed by atoms with Gasteiger partial charge in [0.15, 0.2) is 0 Å². The van der Waals surface area contributed by atoms with Crippen molar-refractivity contribution >= 4 is 38.9 Å². The fourth-order valence-electron chi connectivity index (χ4n) is 1.44. The lowest BCUT2D eigenvalue weighted by Crippen LogP contribution is -1.96. The van der Waals surface area contributed by atoms with E-state index in [4.69, 9.17) is 23.1 Å². The zero-order chi connectivity index (χ0) is 15.2. The molecular formula is C13H12BrClN6. The molecule has 21 heavy (non-hydrogen) atoms. The molecule has 0 radical (unpaired) electrons. The summed E-state index contributed by atoms with van der Waals surface area (Å²) in [5.74, 6) is 0. The number of nitrogens with zero attached hydrogens (tertiary/aromatic N) is 4. The van der Waals surface area contributed by atoms with Crippen molar-refractivity contribution in [1.82, 2.24) is 19.7 Å². The molecule has 0 bridgehead atoms. The zero-order valence-electron chi connectivity index (χ0n) is 10.8. The third-order valence-electron chi connectivity index (χ3n) is 2.29. The van der Waals surface area contributed by atoms with Gasteiger partial charge in [0.05, 0.1) is 34.5 Å². The molecule has 0 aliphatic rings. The number of hydrogen-bond donors (Lipinski definition) is 2. The van der Waals surface area contributed by atoms with E-state index in [1.165, 1.54) is 0 Å². The lowest BCUT2D eigenvalue weighted by atomic mass is 10.4. The molecule has 0 aliphatic heterocycles. The van der Waals surface area contributed by atoms with Gasteiger partial charge in [-0.1, -0.05) is 11.6 Å². The van der Waals surface area contributed by atoms with Crippen LogP contribution in [-0.2, 0) is 0 Å². The second-order valence-corrected chi connectivity index (χ2v) is 5.37. The van der Waals surface area contributed by atoms with Gasteiger partial charge >= 0.3 is 0 Å². The summed E-state index contributed by atoms with van der Waals surface area (Å²) >= 11 is 8.93. The maximum atomic E-state index is 5.72. The Bertz CT molecular complexity index is 713. The summed E-state index contributed by atoms with van der Waals surface area (Å²) in [7, 11) is 0. The number of anilines is 2. The van der Waals surface area contributed by atoms with E-state index < -0.39 is 0 Å². The summed E-state index contributed by atoms with van der Waals surface area (Å²) in [5.41, 5.74) is 13.0. The first-order valence-electron chi connectivity index (χ1n) is 5.81. The van der Waals surface area contributed by atoms with Crippen molar-refractivity contribution in [2.75, 3.05) is 11.5 Å². The molecule has 0 amide bonds. The van der Waals surface area contributed by atoms with Crippen molar-refractivity contribution in [2.24, 2.45) is 0 Å². The average molecular weight is 368 g/mol. The Kier molecular flexibility index (Phi) is 5.13. The van der Waals surface area contributed by atoms with Crippen LogP contribution in [-0.4, -0.2) is 19.7 Å². The fraction of sp³-hybridized carbons (Fsp3) is 0. The van der Waals surface area contributed by atoms with Crippen LogP contribution in [0.25, 0.3) is 5.69 Å². The minimum Gasteiger partial charge on any atom is -0.397 e. The molecule has 3 heterocycles. The fourth-order valence-corrected chi connectivity index (χ4v) is 1.96. The summed E-state index contributed by atoms with van der Waals surface area (Å²) in [4.78, 5) is 7.75. The van der Waals surface area contributed by atoms with Crippen LogP contribution in [0.4, 0.5) is 11.4 Å². The molecule has 4 N–H and O–H groups in total. The SMILES string of the molecule is Nc1cncc(-n2cc(Cl)cn2)c1.Nc1cncc(Br)c1. The standard InChI is InChI=1S/C8H7ClN4.C5H5BrN2/c9-6-2-12-13(5-6)8-1-7(10)3-11-4-8;6-4-1-5(7)3-8-2-4/h1-5H,10H2;1-3H,7H2. The van der Waals surface area contributed by atoms with E-state index in [0.29, 0.717) is 16.4 Å². The van der Waals surface area contributed by atoms with E-state index in [0.717, 1.165) is 10.2 Å². The second kappa shape index (κ2) is 7.05. The molecular weight excluding hydrogens is 356 g/mol. The molecule has 0 atom stereocenters. The minimum absolute atomic E-state index is 0.586. The van der Waals surface area contributed by atoms with E-state index in [2.05, 4.69) is 31.0 Å². The Morgan fingerprint density at radius 1 is 0.952 bits per heavy atom. The average Bonchev–Trinajstić information content (AvgIpc) is 2.86. The number of pyridine rings is 2. The Morgan fingerprint density at radius 3 is 2.10 bits per heavy atom. The van der Waals surface area contributed by atoms with Crippen molar-refractivity contribution in [2.45, 2.75) is 0 Å². The first kappa shape index (κ1) is 15.3. The van der Waals surface area contributed by atoms with Gasteiger partial charge in [-0.15, -0.1) is 0 Å². The van der Waals surface area contributed by atoms with Crippen LogP contribution in [0.15, 0.2) is 53.8 Å². The van der Waals surface area contributed by atoms with Crippen molar-refractivity contribution < 1.29 is 0 Å². The van der Waals surface area contributed by atoms with Gasteiger partial charge in [0, 0.05) is 29.3 Å². The van der Waals surface area contributed by atoms with Crippen molar-refractivity contribution in [3.63, 3.8) is 0 Å². The number of halogens is 2. The molecule has 0 spiro atoms. The molecule has 8 heteroatoms. The highest BCUT2D eigenvalue weighted by atomic mass is 79.9. The Hall–Kier alpha value is -2.12. The molecule has 3 aromatic heterocycles. The first-order valence-corrected chi connectivity index (χ1v) is 6.99. The third kappa shape index (κ3) is 4.73. The van der Waals surface area contributed by atoms with Gasteiger partial charge in [-0.3, -0.25) is 9.97 Å². The third-order valence-corrected chi connectivity index (χ3v) is 2.92. The second-order valence-electron chi connectivity index (χ2n) is 4.02. The Balaban J connectivity index is 0.000000173. The maximum absolute atomic E-state index is 5.72. The molecule has 0 saturated heterocycles. The first-order chi connectivity index (χ1) is 10.0. The van der Waals surface area contributed by atoms with Crippen molar-refractivity contribution in [1.29, 1.82) is 0 Å². The van der Waals surface area contributed by atoms with Gasteiger partial charge in [-0.05, 0) is 28.1 Å². The number of rotatable bonds is 1. The molecule has 0 saturated carbocycles. The topological polar surface area (TPSA) is 95.6 Å². The molecule has 0 aromatic carbocycles. The van der Waals surface area contributed by atoms with E-state index in [1.54, 1.807) is 54.0 Å². The van der Waals surface area contributed by atoms with Crippen LogP contribution in [0.3, 0.4) is 0 Å². The highest BCUT2D eigenvalue weighted by Crippen LogP contribution is 2.12. The zero-order valence-corrected chi connectivity index (χ0v) is 13.2. The predicted molar refractivity (Wildman–Crippen MR) is 87.1 cm³/mol. The molecule has 108 valence electrons. The lowest BCUT2D eigenvalue weighted by Gasteiger charge is -2.00. The molecule has 0 aliphatic carbocycles. The van der Waals surface area contributed by atoms with Gasteiger partial charge in [0.25, 0.3) is 0 Å². The number of nitrogens with two attached hydrogens (primary N) is 2. The number of aromatic nitrogens is 4. The normalized spacial score (nSPS) is 9.81. The maximum Gasteiger partial charge on any atom is 0.0849 e. The smallest absolute Gasteiger partial charge is 0.0849 e. The summed E-state index contributed by atoms with van der Waals surface area (Å²) in [6.45, 7) is 0. The molecule has 6 nitrogen and oxygen atoms in total. The van der Waals surface area contributed by atoms with Gasteiger partial charge in [-0.2, -0.15) is 5.10 Å².